The lowest BCUT2D eigenvalue weighted by Crippen LogP contribution is -2.17. The van der Waals surface area contributed by atoms with E-state index in [1.54, 1.807) is 19.2 Å². The first-order chi connectivity index (χ1) is 8.19. The second-order valence-electron chi connectivity index (χ2n) is 3.84. The van der Waals surface area contributed by atoms with Gasteiger partial charge in [-0.3, -0.25) is 0 Å². The zero-order valence-electron chi connectivity index (χ0n) is 9.80. The minimum Gasteiger partial charge on any atom is -0.488 e. The summed E-state index contributed by atoms with van der Waals surface area (Å²) in [7, 11) is 1.62. The van der Waals surface area contributed by atoms with Crippen molar-refractivity contribution >= 4 is 11.0 Å². The van der Waals surface area contributed by atoms with Crippen LogP contribution in [-0.4, -0.2) is 19.8 Å². The second kappa shape index (κ2) is 5.01. The molecular formula is C13H14O4. The van der Waals surface area contributed by atoms with E-state index in [9.17, 15) is 4.79 Å². The summed E-state index contributed by atoms with van der Waals surface area (Å²) in [5, 5.41) is 0.872. The van der Waals surface area contributed by atoms with Crippen LogP contribution in [0.4, 0.5) is 0 Å². The Morgan fingerprint density at radius 2 is 2.06 bits per heavy atom. The smallest absolute Gasteiger partial charge is 0.336 e. The maximum Gasteiger partial charge on any atom is 0.336 e. The van der Waals surface area contributed by atoms with E-state index in [1.807, 2.05) is 19.1 Å². The van der Waals surface area contributed by atoms with Crippen molar-refractivity contribution in [1.29, 1.82) is 0 Å². The van der Waals surface area contributed by atoms with Gasteiger partial charge in [0.15, 0.2) is 0 Å². The van der Waals surface area contributed by atoms with E-state index in [0.29, 0.717) is 17.9 Å². The summed E-state index contributed by atoms with van der Waals surface area (Å²) in [4.78, 5) is 11.1. The third-order valence-electron chi connectivity index (χ3n) is 2.33. The summed E-state index contributed by atoms with van der Waals surface area (Å²) < 4.78 is 15.7. The van der Waals surface area contributed by atoms with Crippen LogP contribution < -0.4 is 10.4 Å². The lowest BCUT2D eigenvalue weighted by Gasteiger charge is -2.13. The monoisotopic (exact) mass is 234 g/mol. The molecule has 0 spiro atoms. The summed E-state index contributed by atoms with van der Waals surface area (Å²) in [5.41, 5.74) is 0.166. The molecule has 0 saturated carbocycles. The van der Waals surface area contributed by atoms with Gasteiger partial charge in [-0.25, -0.2) is 4.79 Å². The first kappa shape index (κ1) is 11.7. The molecule has 0 radical (unpaired) electrons. The number of rotatable bonds is 4. The average Bonchev–Trinajstić information content (AvgIpc) is 2.28. The first-order valence-corrected chi connectivity index (χ1v) is 5.38. The van der Waals surface area contributed by atoms with Crippen molar-refractivity contribution in [2.75, 3.05) is 13.7 Å². The van der Waals surface area contributed by atoms with Gasteiger partial charge in [-0.15, -0.1) is 0 Å². The highest BCUT2D eigenvalue weighted by atomic mass is 16.5. The minimum absolute atomic E-state index is 0.0483. The zero-order valence-corrected chi connectivity index (χ0v) is 9.80. The number of hydrogen-bond acceptors (Lipinski definition) is 4. The Hall–Kier alpha value is -1.81. The van der Waals surface area contributed by atoms with Crippen LogP contribution in [0.15, 0.2) is 39.5 Å². The molecule has 17 heavy (non-hydrogen) atoms. The molecule has 0 saturated heterocycles. The van der Waals surface area contributed by atoms with Gasteiger partial charge in [-0.2, -0.15) is 0 Å². The minimum atomic E-state index is -0.361. The fraction of sp³-hybridized carbons (Fsp3) is 0.308. The van der Waals surface area contributed by atoms with Crippen molar-refractivity contribution in [2.24, 2.45) is 0 Å². The van der Waals surface area contributed by atoms with Gasteiger partial charge in [0.25, 0.3) is 0 Å². The van der Waals surface area contributed by atoms with Crippen LogP contribution in [0.2, 0.25) is 0 Å². The lowest BCUT2D eigenvalue weighted by atomic mass is 10.2. The van der Waals surface area contributed by atoms with Crippen molar-refractivity contribution in [3.63, 3.8) is 0 Å². The molecule has 0 N–H and O–H groups in total. The summed E-state index contributed by atoms with van der Waals surface area (Å²) >= 11 is 0. The third kappa shape index (κ3) is 2.85. The molecule has 1 aromatic heterocycles. The Morgan fingerprint density at radius 1 is 1.29 bits per heavy atom. The van der Waals surface area contributed by atoms with Gasteiger partial charge in [0.2, 0.25) is 0 Å². The molecule has 0 unspecified atom stereocenters. The molecular weight excluding hydrogens is 220 g/mol. The van der Waals surface area contributed by atoms with Crippen LogP contribution in [0.25, 0.3) is 11.0 Å². The van der Waals surface area contributed by atoms with Gasteiger partial charge < -0.3 is 13.9 Å². The molecule has 0 amide bonds. The third-order valence-corrected chi connectivity index (χ3v) is 2.33. The molecule has 2 aromatic rings. The molecule has 1 heterocycles. The van der Waals surface area contributed by atoms with Crippen LogP contribution in [0.3, 0.4) is 0 Å². The second-order valence-corrected chi connectivity index (χ2v) is 3.84. The van der Waals surface area contributed by atoms with Crippen LogP contribution in [0.5, 0.6) is 5.75 Å². The van der Waals surface area contributed by atoms with E-state index in [4.69, 9.17) is 13.9 Å². The van der Waals surface area contributed by atoms with Crippen LogP contribution in [0, 0.1) is 0 Å². The molecule has 4 heteroatoms. The van der Waals surface area contributed by atoms with Crippen LogP contribution in [-0.2, 0) is 4.74 Å². The van der Waals surface area contributed by atoms with E-state index in [1.165, 1.54) is 6.07 Å². The molecule has 4 nitrogen and oxygen atoms in total. The Morgan fingerprint density at radius 3 is 2.82 bits per heavy atom. The van der Waals surface area contributed by atoms with Crippen molar-refractivity contribution in [3.05, 3.63) is 40.8 Å². The van der Waals surface area contributed by atoms with Gasteiger partial charge in [-0.1, -0.05) is 0 Å². The average molecular weight is 234 g/mol. The molecule has 1 aromatic carbocycles. The maximum atomic E-state index is 11.1. The largest absolute Gasteiger partial charge is 0.488 e. The Balaban J connectivity index is 2.27. The highest BCUT2D eigenvalue weighted by molar-refractivity contribution is 5.77. The zero-order chi connectivity index (χ0) is 12.3. The van der Waals surface area contributed by atoms with E-state index in [2.05, 4.69) is 0 Å². The van der Waals surface area contributed by atoms with E-state index >= 15 is 0 Å². The number of methoxy groups -OCH3 is 1. The summed E-state index contributed by atoms with van der Waals surface area (Å²) in [6, 6.07) is 8.53. The number of hydrogen-bond donors (Lipinski definition) is 0. The van der Waals surface area contributed by atoms with Gasteiger partial charge in [-0.05, 0) is 25.1 Å². The molecule has 0 aliphatic carbocycles. The number of fused-ring (bicyclic) bond motifs is 1. The van der Waals surface area contributed by atoms with Crippen molar-refractivity contribution < 1.29 is 13.9 Å². The van der Waals surface area contributed by atoms with Crippen LogP contribution in [0.1, 0.15) is 6.92 Å². The molecule has 2 rings (SSSR count). The molecule has 0 aliphatic heterocycles. The highest BCUT2D eigenvalue weighted by Crippen LogP contribution is 2.20. The molecule has 0 bridgehead atoms. The van der Waals surface area contributed by atoms with Crippen LogP contribution >= 0.6 is 0 Å². The predicted molar refractivity (Wildman–Crippen MR) is 64.5 cm³/mol. The SMILES string of the molecule is COC[C@@H](C)Oc1ccc2ccc(=O)oc2c1. The normalized spacial score (nSPS) is 12.6. The Kier molecular flexibility index (Phi) is 3.44. The number of benzene rings is 1. The maximum absolute atomic E-state index is 11.1. The van der Waals surface area contributed by atoms with Crippen molar-refractivity contribution in [2.45, 2.75) is 13.0 Å². The van der Waals surface area contributed by atoms with E-state index in [0.717, 1.165) is 5.39 Å². The summed E-state index contributed by atoms with van der Waals surface area (Å²) in [5.74, 6) is 0.663. The molecule has 1 atom stereocenters. The summed E-state index contributed by atoms with van der Waals surface area (Å²) in [6.45, 7) is 2.42. The molecule has 0 aliphatic rings. The lowest BCUT2D eigenvalue weighted by molar-refractivity contribution is 0.0921. The van der Waals surface area contributed by atoms with E-state index < -0.39 is 0 Å². The van der Waals surface area contributed by atoms with Crippen molar-refractivity contribution in [1.82, 2.24) is 0 Å². The highest BCUT2D eigenvalue weighted by Gasteiger charge is 2.05. The molecule has 0 fully saturated rings. The quantitative estimate of drug-likeness (QED) is 0.761. The van der Waals surface area contributed by atoms with Gasteiger partial charge in [0.05, 0.1) is 6.61 Å². The fourth-order valence-electron chi connectivity index (χ4n) is 1.62. The topological polar surface area (TPSA) is 48.7 Å². The first-order valence-electron chi connectivity index (χ1n) is 5.38. The van der Waals surface area contributed by atoms with Gasteiger partial charge in [0.1, 0.15) is 17.4 Å². The van der Waals surface area contributed by atoms with Crippen molar-refractivity contribution in [3.8, 4) is 5.75 Å². The summed E-state index contributed by atoms with van der Waals surface area (Å²) in [6.07, 6.45) is -0.0483. The fourth-order valence-corrected chi connectivity index (χ4v) is 1.62. The van der Waals surface area contributed by atoms with E-state index in [-0.39, 0.29) is 11.7 Å². The van der Waals surface area contributed by atoms with Gasteiger partial charge in [0, 0.05) is 24.6 Å². The van der Waals surface area contributed by atoms with Gasteiger partial charge >= 0.3 is 5.63 Å². The Bertz CT molecular complexity index is 559. The molecule has 90 valence electrons. The number of ether oxygens (including phenoxy) is 2. The predicted octanol–water partition coefficient (Wildman–Crippen LogP) is 2.21. The standard InChI is InChI=1S/C13H14O4/c1-9(8-15-2)16-11-5-3-10-4-6-13(14)17-12(10)7-11/h3-7,9H,8H2,1-2H3/t9-/m1/s1. The Labute approximate surface area is 98.8 Å².